The minimum Gasteiger partial charge on any atom is -0.465 e. The Morgan fingerprint density at radius 1 is 1.18 bits per heavy atom. The van der Waals surface area contributed by atoms with Gasteiger partial charge in [0.25, 0.3) is 0 Å². The molecule has 0 fully saturated rings. The third kappa shape index (κ3) is 4.54. The van der Waals surface area contributed by atoms with Gasteiger partial charge in [-0.2, -0.15) is 8.78 Å². The Morgan fingerprint density at radius 3 is 2.41 bits per heavy atom. The van der Waals surface area contributed by atoms with Crippen LogP contribution < -0.4 is 10.1 Å². The maximum Gasteiger partial charge on any atom is 0.387 e. The summed E-state index contributed by atoms with van der Waals surface area (Å²) in [7, 11) is 0. The minimum atomic E-state index is -2.85. The van der Waals surface area contributed by atoms with Crippen LogP contribution in [-0.4, -0.2) is 18.3 Å². The van der Waals surface area contributed by atoms with E-state index < -0.39 is 12.7 Å². The number of alkyl halides is 2. The van der Waals surface area contributed by atoms with Crippen LogP contribution in [0.25, 0.3) is 0 Å². The predicted molar refractivity (Wildman–Crippen MR) is 77.9 cm³/mol. The highest BCUT2D eigenvalue weighted by Crippen LogP contribution is 2.20. The van der Waals surface area contributed by atoms with E-state index in [4.69, 9.17) is 4.42 Å². The van der Waals surface area contributed by atoms with Crippen molar-refractivity contribution in [3.8, 4) is 5.75 Å². The molecule has 1 heterocycles. The SMILES string of the molecule is Cc1ccc(C(C)NCC(O)c2ccc(OC(F)F)cc2)o1. The molecule has 2 atom stereocenters. The summed E-state index contributed by atoms with van der Waals surface area (Å²) in [6.45, 7) is 1.27. The molecule has 120 valence electrons. The van der Waals surface area contributed by atoms with Crippen LogP contribution in [0.1, 0.15) is 36.2 Å². The normalized spacial score (nSPS) is 14.1. The van der Waals surface area contributed by atoms with Gasteiger partial charge in [-0.25, -0.2) is 0 Å². The second-order valence-corrected chi connectivity index (χ2v) is 5.04. The molecule has 2 unspecified atom stereocenters. The Hall–Kier alpha value is -1.92. The maximum absolute atomic E-state index is 12.1. The van der Waals surface area contributed by atoms with Crippen LogP contribution in [0, 0.1) is 6.92 Å². The van der Waals surface area contributed by atoms with E-state index >= 15 is 0 Å². The van der Waals surface area contributed by atoms with E-state index in [1.54, 1.807) is 12.1 Å². The third-order valence-corrected chi connectivity index (χ3v) is 3.30. The molecule has 0 aliphatic heterocycles. The molecule has 0 saturated carbocycles. The van der Waals surface area contributed by atoms with Gasteiger partial charge in [0, 0.05) is 6.54 Å². The molecule has 0 amide bonds. The molecule has 22 heavy (non-hydrogen) atoms. The van der Waals surface area contributed by atoms with Crippen molar-refractivity contribution in [1.82, 2.24) is 5.32 Å². The van der Waals surface area contributed by atoms with E-state index in [2.05, 4.69) is 10.1 Å². The Kier molecular flexibility index (Phi) is 5.51. The van der Waals surface area contributed by atoms with Gasteiger partial charge in [-0.15, -0.1) is 0 Å². The fourth-order valence-corrected chi connectivity index (χ4v) is 2.06. The first-order chi connectivity index (χ1) is 10.5. The van der Waals surface area contributed by atoms with E-state index in [0.717, 1.165) is 11.5 Å². The average Bonchev–Trinajstić information content (AvgIpc) is 2.91. The number of hydrogen-bond acceptors (Lipinski definition) is 4. The van der Waals surface area contributed by atoms with Gasteiger partial charge in [0.1, 0.15) is 17.3 Å². The Bertz CT molecular complexity index is 583. The van der Waals surface area contributed by atoms with Gasteiger partial charge in [0.05, 0.1) is 12.1 Å². The van der Waals surface area contributed by atoms with E-state index in [1.807, 2.05) is 26.0 Å². The zero-order chi connectivity index (χ0) is 16.1. The van der Waals surface area contributed by atoms with Gasteiger partial charge in [-0.1, -0.05) is 12.1 Å². The Morgan fingerprint density at radius 2 is 1.86 bits per heavy atom. The number of aliphatic hydroxyl groups excluding tert-OH is 1. The molecule has 0 aliphatic carbocycles. The summed E-state index contributed by atoms with van der Waals surface area (Å²) in [4.78, 5) is 0. The molecule has 0 aliphatic rings. The van der Waals surface area contributed by atoms with Gasteiger partial charge in [-0.05, 0) is 43.7 Å². The second kappa shape index (κ2) is 7.38. The number of ether oxygens (including phenoxy) is 1. The molecule has 4 nitrogen and oxygen atoms in total. The van der Waals surface area contributed by atoms with Crippen molar-refractivity contribution >= 4 is 0 Å². The molecular weight excluding hydrogens is 292 g/mol. The van der Waals surface area contributed by atoms with Crippen molar-refractivity contribution in [2.24, 2.45) is 0 Å². The van der Waals surface area contributed by atoms with Gasteiger partial charge >= 0.3 is 6.61 Å². The van der Waals surface area contributed by atoms with Crippen molar-refractivity contribution in [2.45, 2.75) is 32.6 Å². The number of aliphatic hydroxyl groups is 1. The number of nitrogens with one attached hydrogen (secondary N) is 1. The van der Waals surface area contributed by atoms with Gasteiger partial charge < -0.3 is 19.6 Å². The first kappa shape index (κ1) is 16.5. The van der Waals surface area contributed by atoms with Crippen LogP contribution >= 0.6 is 0 Å². The lowest BCUT2D eigenvalue weighted by Crippen LogP contribution is -2.24. The molecule has 2 N–H and O–H groups in total. The highest BCUT2D eigenvalue weighted by atomic mass is 19.3. The summed E-state index contributed by atoms with van der Waals surface area (Å²) in [6.07, 6.45) is -0.751. The molecule has 6 heteroatoms. The lowest BCUT2D eigenvalue weighted by Gasteiger charge is -2.16. The molecule has 2 rings (SSSR count). The molecule has 2 aromatic rings. The quantitative estimate of drug-likeness (QED) is 0.821. The average molecular weight is 311 g/mol. The zero-order valence-corrected chi connectivity index (χ0v) is 12.4. The van der Waals surface area contributed by atoms with Crippen LogP contribution in [0.3, 0.4) is 0 Å². The van der Waals surface area contributed by atoms with E-state index in [9.17, 15) is 13.9 Å². The highest BCUT2D eigenvalue weighted by molar-refractivity contribution is 5.28. The summed E-state index contributed by atoms with van der Waals surface area (Å²) in [6, 6.07) is 9.66. The van der Waals surface area contributed by atoms with E-state index in [0.29, 0.717) is 12.1 Å². The standard InChI is InChI=1S/C16H19F2NO3/c1-10-3-8-15(21-10)11(2)19-9-14(20)12-4-6-13(7-5-12)22-16(17)18/h3-8,11,14,16,19-20H,9H2,1-2H3. The van der Waals surface area contributed by atoms with E-state index in [-0.39, 0.29) is 11.8 Å². The lowest BCUT2D eigenvalue weighted by molar-refractivity contribution is -0.0498. The van der Waals surface area contributed by atoms with Crippen LogP contribution in [-0.2, 0) is 0 Å². The van der Waals surface area contributed by atoms with E-state index in [1.165, 1.54) is 12.1 Å². The minimum absolute atomic E-state index is 0.0372. The highest BCUT2D eigenvalue weighted by Gasteiger charge is 2.13. The largest absolute Gasteiger partial charge is 0.465 e. The number of benzene rings is 1. The molecule has 1 aromatic carbocycles. The summed E-state index contributed by atoms with van der Waals surface area (Å²) >= 11 is 0. The number of aryl methyl sites for hydroxylation is 1. The van der Waals surface area contributed by atoms with Crippen LogP contribution in [0.15, 0.2) is 40.8 Å². The predicted octanol–water partition coefficient (Wildman–Crippen LogP) is 3.57. The van der Waals surface area contributed by atoms with Crippen molar-refractivity contribution in [2.75, 3.05) is 6.54 Å². The summed E-state index contributed by atoms with van der Waals surface area (Å²) in [5.41, 5.74) is 0.622. The zero-order valence-electron chi connectivity index (χ0n) is 12.4. The van der Waals surface area contributed by atoms with Crippen LogP contribution in [0.2, 0.25) is 0 Å². The number of rotatable bonds is 7. The Balaban J connectivity index is 1.87. The van der Waals surface area contributed by atoms with Crippen molar-refractivity contribution in [3.05, 3.63) is 53.5 Å². The third-order valence-electron chi connectivity index (χ3n) is 3.30. The molecular formula is C16H19F2NO3. The second-order valence-electron chi connectivity index (χ2n) is 5.04. The topological polar surface area (TPSA) is 54.6 Å². The van der Waals surface area contributed by atoms with Gasteiger partial charge in [0.15, 0.2) is 0 Å². The molecule has 0 saturated heterocycles. The summed E-state index contributed by atoms with van der Waals surface area (Å²) < 4.78 is 33.9. The molecule has 1 aromatic heterocycles. The Labute approximate surface area is 127 Å². The molecule has 0 spiro atoms. The fraction of sp³-hybridized carbons (Fsp3) is 0.375. The van der Waals surface area contributed by atoms with Gasteiger partial charge in [-0.3, -0.25) is 0 Å². The lowest BCUT2D eigenvalue weighted by atomic mass is 10.1. The molecule has 0 radical (unpaired) electrons. The molecule has 0 bridgehead atoms. The number of furan rings is 1. The first-order valence-corrected chi connectivity index (χ1v) is 6.98. The first-order valence-electron chi connectivity index (χ1n) is 6.98. The summed E-state index contributed by atoms with van der Waals surface area (Å²) in [5, 5.41) is 13.3. The van der Waals surface area contributed by atoms with Crippen LogP contribution in [0.4, 0.5) is 8.78 Å². The van der Waals surface area contributed by atoms with Crippen molar-refractivity contribution in [3.63, 3.8) is 0 Å². The fourth-order valence-electron chi connectivity index (χ4n) is 2.06. The smallest absolute Gasteiger partial charge is 0.387 e. The van der Waals surface area contributed by atoms with Gasteiger partial charge in [0.2, 0.25) is 0 Å². The number of hydrogen-bond donors (Lipinski definition) is 2. The summed E-state index contributed by atoms with van der Waals surface area (Å²) in [5.74, 6) is 1.70. The number of halogens is 2. The van der Waals surface area contributed by atoms with Crippen molar-refractivity contribution in [1.29, 1.82) is 0 Å². The van der Waals surface area contributed by atoms with Crippen LogP contribution in [0.5, 0.6) is 5.75 Å². The van der Waals surface area contributed by atoms with Crippen molar-refractivity contribution < 1.29 is 23.0 Å². The maximum atomic E-state index is 12.1. The monoisotopic (exact) mass is 311 g/mol.